The van der Waals surface area contributed by atoms with Gasteiger partial charge in [-0.1, -0.05) is 0 Å². The van der Waals surface area contributed by atoms with E-state index in [9.17, 15) is 4.79 Å². The van der Waals surface area contributed by atoms with Crippen LogP contribution < -0.4 is 0 Å². The minimum atomic E-state index is -0.299. The van der Waals surface area contributed by atoms with Gasteiger partial charge in [-0.2, -0.15) is 0 Å². The second-order valence-electron chi connectivity index (χ2n) is 9.60. The van der Waals surface area contributed by atoms with E-state index in [1.165, 1.54) is 12.8 Å². The minimum absolute atomic E-state index is 0.0165. The molecule has 1 atom stereocenters. The van der Waals surface area contributed by atoms with Crippen molar-refractivity contribution < 1.29 is 18.8 Å². The Morgan fingerprint density at radius 1 is 1.09 bits per heavy atom. The summed E-state index contributed by atoms with van der Waals surface area (Å²) in [5, 5.41) is 0.0439. The highest BCUT2D eigenvalue weighted by atomic mass is 16.7. The number of ether oxygens (including phenoxy) is 1. The molecule has 0 amide bonds. The van der Waals surface area contributed by atoms with Crippen molar-refractivity contribution >= 4 is 13.1 Å². The summed E-state index contributed by atoms with van der Waals surface area (Å²) in [7, 11) is -0.174. The Hall–Kier alpha value is -0.545. The molecule has 0 aromatic carbocycles. The third kappa shape index (κ3) is 1.90. The Bertz CT molecular complexity index is 527. The van der Waals surface area contributed by atoms with Crippen LogP contribution in [0.15, 0.2) is 0 Å². The first-order chi connectivity index (χ1) is 10.5. The molecule has 0 spiro atoms. The maximum absolute atomic E-state index is 12.6. The van der Waals surface area contributed by atoms with Gasteiger partial charge in [-0.15, -0.1) is 0 Å². The summed E-state index contributed by atoms with van der Waals surface area (Å²) in [4.78, 5) is 12.6. The van der Waals surface area contributed by atoms with Crippen molar-refractivity contribution in [1.82, 2.24) is 0 Å². The van der Waals surface area contributed by atoms with Gasteiger partial charge in [-0.05, 0) is 79.1 Å². The van der Waals surface area contributed by atoms with Crippen LogP contribution in [0, 0.1) is 17.3 Å². The van der Waals surface area contributed by atoms with E-state index in [0.29, 0.717) is 11.8 Å². The molecule has 1 aliphatic heterocycles. The van der Waals surface area contributed by atoms with Crippen molar-refractivity contribution in [3.63, 3.8) is 0 Å². The van der Waals surface area contributed by atoms with E-state index in [4.69, 9.17) is 14.0 Å². The highest BCUT2D eigenvalue weighted by Gasteiger charge is 2.87. The van der Waals surface area contributed by atoms with Gasteiger partial charge in [0, 0.05) is 5.31 Å². The number of esters is 1. The molecular formula is C18H29BO4. The number of rotatable bonds is 4. The lowest BCUT2D eigenvalue weighted by Crippen LogP contribution is -2.75. The van der Waals surface area contributed by atoms with Crippen molar-refractivity contribution in [2.75, 3.05) is 0 Å². The quantitative estimate of drug-likeness (QED) is 0.586. The van der Waals surface area contributed by atoms with Crippen molar-refractivity contribution in [1.29, 1.82) is 0 Å². The lowest BCUT2D eigenvalue weighted by atomic mass is 9.18. The molecule has 0 N–H and O–H groups in total. The first-order valence-corrected chi connectivity index (χ1v) is 9.11. The largest absolute Gasteiger partial charge is 0.464 e. The first kappa shape index (κ1) is 16.0. The zero-order valence-electron chi connectivity index (χ0n) is 15.3. The van der Waals surface area contributed by atoms with Crippen molar-refractivity contribution in [2.45, 2.75) is 89.8 Å². The molecule has 5 rings (SSSR count). The summed E-state index contributed by atoms with van der Waals surface area (Å²) >= 11 is 0. The molecule has 2 bridgehead atoms. The van der Waals surface area contributed by atoms with Crippen molar-refractivity contribution in [3.8, 4) is 0 Å². The van der Waals surface area contributed by atoms with E-state index in [-0.39, 0.29) is 41.1 Å². The molecule has 1 unspecified atom stereocenters. The van der Waals surface area contributed by atoms with Gasteiger partial charge in [-0.25, -0.2) is 0 Å². The van der Waals surface area contributed by atoms with Crippen LogP contribution in [-0.2, 0) is 18.8 Å². The zero-order chi connectivity index (χ0) is 16.8. The SMILES string of the molecule is CC(C)OC(=O)C12CC(B3OC(C)(C)C(C)(C)O3)(C1)C2C1CC1. The molecule has 5 aliphatic rings. The number of hydrogen-bond donors (Lipinski definition) is 0. The van der Waals surface area contributed by atoms with Crippen LogP contribution >= 0.6 is 0 Å². The summed E-state index contributed by atoms with van der Waals surface area (Å²) in [6.45, 7) is 12.3. The van der Waals surface area contributed by atoms with E-state index >= 15 is 0 Å². The highest BCUT2D eigenvalue weighted by molar-refractivity contribution is 6.51. The number of carbonyl (C=O) groups excluding carboxylic acids is 1. The summed E-state index contributed by atoms with van der Waals surface area (Å²) in [6.07, 6.45) is 4.20. The van der Waals surface area contributed by atoms with Gasteiger partial charge >= 0.3 is 13.1 Å². The second-order valence-corrected chi connectivity index (χ2v) is 9.60. The monoisotopic (exact) mass is 320 g/mol. The van der Waals surface area contributed by atoms with E-state index in [2.05, 4.69) is 27.7 Å². The van der Waals surface area contributed by atoms with Crippen LogP contribution in [0.5, 0.6) is 0 Å². The van der Waals surface area contributed by atoms with Gasteiger partial charge in [0.1, 0.15) is 0 Å². The molecule has 0 aromatic rings. The van der Waals surface area contributed by atoms with Gasteiger partial charge in [0.05, 0.1) is 22.7 Å². The van der Waals surface area contributed by atoms with E-state index < -0.39 is 0 Å². The van der Waals surface area contributed by atoms with Gasteiger partial charge in [0.25, 0.3) is 0 Å². The van der Waals surface area contributed by atoms with Gasteiger partial charge < -0.3 is 14.0 Å². The highest BCUT2D eigenvalue weighted by Crippen LogP contribution is 2.88. The van der Waals surface area contributed by atoms with Gasteiger partial charge in [-0.3, -0.25) is 4.79 Å². The minimum Gasteiger partial charge on any atom is -0.463 e. The second kappa shape index (κ2) is 4.34. The fourth-order valence-electron chi connectivity index (χ4n) is 5.19. The fraction of sp³-hybridized carbons (Fsp3) is 0.944. The van der Waals surface area contributed by atoms with Crippen LogP contribution in [0.3, 0.4) is 0 Å². The lowest BCUT2D eigenvalue weighted by molar-refractivity contribution is -0.229. The summed E-state index contributed by atoms with van der Waals surface area (Å²) in [5.41, 5.74) is -0.839. The predicted octanol–water partition coefficient (Wildman–Crippen LogP) is 3.59. The third-order valence-electron chi connectivity index (χ3n) is 7.07. The molecule has 4 saturated carbocycles. The average Bonchev–Trinajstić information content (AvgIpc) is 3.03. The molecule has 4 aliphatic carbocycles. The van der Waals surface area contributed by atoms with Crippen LogP contribution in [0.2, 0.25) is 5.31 Å². The Balaban J connectivity index is 1.55. The number of hydrogen-bond acceptors (Lipinski definition) is 4. The molecule has 0 aromatic heterocycles. The summed E-state index contributed by atoms with van der Waals surface area (Å²) in [5.74, 6) is 1.08. The third-order valence-corrected chi connectivity index (χ3v) is 7.07. The van der Waals surface area contributed by atoms with Crippen LogP contribution in [-0.4, -0.2) is 30.4 Å². The van der Waals surface area contributed by atoms with Crippen molar-refractivity contribution in [2.24, 2.45) is 17.3 Å². The number of carbonyl (C=O) groups is 1. The molecule has 0 radical (unpaired) electrons. The van der Waals surface area contributed by atoms with Crippen LogP contribution in [0.1, 0.15) is 67.2 Å². The molecule has 1 saturated heterocycles. The normalized spacial score (nSPS) is 43.1. The van der Waals surface area contributed by atoms with E-state index in [0.717, 1.165) is 12.8 Å². The molecule has 23 heavy (non-hydrogen) atoms. The van der Waals surface area contributed by atoms with Crippen LogP contribution in [0.25, 0.3) is 0 Å². The van der Waals surface area contributed by atoms with Crippen molar-refractivity contribution in [3.05, 3.63) is 0 Å². The lowest BCUT2D eigenvalue weighted by Gasteiger charge is -2.75. The Labute approximate surface area is 139 Å². The predicted molar refractivity (Wildman–Crippen MR) is 87.9 cm³/mol. The Morgan fingerprint density at radius 3 is 2.04 bits per heavy atom. The molecule has 4 nitrogen and oxygen atoms in total. The zero-order valence-corrected chi connectivity index (χ0v) is 15.3. The molecule has 5 heteroatoms. The fourth-order valence-corrected chi connectivity index (χ4v) is 5.19. The molecule has 1 heterocycles. The smallest absolute Gasteiger partial charge is 0.463 e. The van der Waals surface area contributed by atoms with E-state index in [1.54, 1.807) is 0 Å². The molecule has 5 fully saturated rings. The topological polar surface area (TPSA) is 44.8 Å². The maximum atomic E-state index is 12.6. The van der Waals surface area contributed by atoms with Gasteiger partial charge in [0.15, 0.2) is 0 Å². The maximum Gasteiger partial charge on any atom is 0.464 e. The standard InChI is InChI=1S/C18H29BO4/c1-11(2)21-14(20)17-9-18(10-17,13(17)12-7-8-12)19-22-15(3,4)16(5,6)23-19/h11-13H,7-10H2,1-6H3. The first-order valence-electron chi connectivity index (χ1n) is 9.11. The summed E-state index contributed by atoms with van der Waals surface area (Å²) in [6, 6.07) is 0. The van der Waals surface area contributed by atoms with Gasteiger partial charge in [0.2, 0.25) is 0 Å². The summed E-state index contributed by atoms with van der Waals surface area (Å²) < 4.78 is 18.3. The Kier molecular flexibility index (Phi) is 3.01. The Morgan fingerprint density at radius 2 is 1.61 bits per heavy atom. The van der Waals surface area contributed by atoms with Crippen LogP contribution in [0.4, 0.5) is 0 Å². The van der Waals surface area contributed by atoms with E-state index in [1.807, 2.05) is 13.8 Å². The molecular weight excluding hydrogens is 291 g/mol. The average molecular weight is 320 g/mol. The molecule has 128 valence electrons.